The first kappa shape index (κ1) is 9.86. The zero-order valence-corrected chi connectivity index (χ0v) is 8.25. The van der Waals surface area contributed by atoms with E-state index in [0.29, 0.717) is 11.6 Å². The third-order valence-corrected chi connectivity index (χ3v) is 1.80. The van der Waals surface area contributed by atoms with Crippen LogP contribution >= 0.6 is 0 Å². The molecule has 2 aromatic heterocycles. The van der Waals surface area contributed by atoms with Gasteiger partial charge in [0.2, 0.25) is 0 Å². The number of nitriles is 1. The average molecular weight is 212 g/mol. The van der Waals surface area contributed by atoms with Crippen molar-refractivity contribution >= 4 is 17.3 Å². The molecule has 16 heavy (non-hydrogen) atoms. The van der Waals surface area contributed by atoms with Crippen LogP contribution in [0.3, 0.4) is 0 Å². The molecule has 0 amide bonds. The summed E-state index contributed by atoms with van der Waals surface area (Å²) in [5, 5.41) is 13.9. The number of nitrogens with zero attached hydrogens (tertiary/aromatic N) is 4. The minimum absolute atomic E-state index is 0.453. The van der Waals surface area contributed by atoms with Gasteiger partial charge in [0, 0.05) is 24.1 Å². The normalized spacial score (nSPS) is 9.19. The molecule has 0 spiro atoms. The first-order valence-electron chi connectivity index (χ1n) is 4.52. The summed E-state index contributed by atoms with van der Waals surface area (Å²) in [6.45, 7) is 0. The summed E-state index contributed by atoms with van der Waals surface area (Å²) in [6, 6.07) is 5.28. The molecule has 0 aliphatic carbocycles. The van der Waals surface area contributed by atoms with Gasteiger partial charge in [-0.25, -0.2) is 9.97 Å². The maximum absolute atomic E-state index is 8.45. The summed E-state index contributed by atoms with van der Waals surface area (Å²) in [7, 11) is 0. The molecule has 0 fully saturated rings. The van der Waals surface area contributed by atoms with E-state index in [-0.39, 0.29) is 0 Å². The van der Waals surface area contributed by atoms with E-state index in [9.17, 15) is 0 Å². The predicted octanol–water partition coefficient (Wildman–Crippen LogP) is 1.51. The van der Waals surface area contributed by atoms with Crippen LogP contribution in [0, 0.1) is 11.5 Å². The molecule has 2 heterocycles. The van der Waals surface area contributed by atoms with Crippen LogP contribution in [0.4, 0.5) is 17.3 Å². The average Bonchev–Trinajstić information content (AvgIpc) is 2.31. The molecule has 2 N–H and O–H groups in total. The molecule has 2 rings (SSSR count). The minimum atomic E-state index is 0.453. The van der Waals surface area contributed by atoms with Crippen molar-refractivity contribution < 1.29 is 0 Å². The second-order valence-electron chi connectivity index (χ2n) is 2.89. The molecular formula is C10H8N6. The fraction of sp³-hybridized carbons (Fsp3) is 0. The van der Waals surface area contributed by atoms with Crippen LogP contribution in [0.25, 0.3) is 0 Å². The molecule has 6 nitrogen and oxygen atoms in total. The molecule has 0 aliphatic heterocycles. The molecule has 0 atom stereocenters. The van der Waals surface area contributed by atoms with Gasteiger partial charge in [-0.15, -0.1) is 0 Å². The van der Waals surface area contributed by atoms with Crippen molar-refractivity contribution in [2.24, 2.45) is 0 Å². The first-order valence-corrected chi connectivity index (χ1v) is 4.52. The molecule has 6 heteroatoms. The van der Waals surface area contributed by atoms with E-state index in [0.717, 1.165) is 5.69 Å². The highest BCUT2D eigenvalue weighted by Gasteiger charge is 1.98. The van der Waals surface area contributed by atoms with Gasteiger partial charge in [-0.05, 0) is 12.1 Å². The van der Waals surface area contributed by atoms with Crippen LogP contribution in [0.5, 0.6) is 0 Å². The molecule has 78 valence electrons. The Labute approximate surface area is 92.0 Å². The molecule has 0 unspecified atom stereocenters. The number of rotatable bonds is 3. The van der Waals surface area contributed by atoms with Gasteiger partial charge in [-0.1, -0.05) is 0 Å². The SMILES string of the molecule is N#CNc1cc(Nc2ccncc2)ncn1. The Morgan fingerprint density at radius 1 is 1.12 bits per heavy atom. The number of nitrogens with one attached hydrogen (secondary N) is 2. The molecule has 0 saturated heterocycles. The van der Waals surface area contributed by atoms with Gasteiger partial charge in [-0.2, -0.15) is 5.26 Å². The van der Waals surface area contributed by atoms with E-state index in [2.05, 4.69) is 25.6 Å². The fourth-order valence-electron chi connectivity index (χ4n) is 1.13. The number of pyridine rings is 1. The highest BCUT2D eigenvalue weighted by molar-refractivity contribution is 5.58. The fourth-order valence-corrected chi connectivity index (χ4v) is 1.13. The molecule has 0 aliphatic rings. The lowest BCUT2D eigenvalue weighted by Gasteiger charge is -2.05. The van der Waals surface area contributed by atoms with E-state index in [4.69, 9.17) is 5.26 Å². The van der Waals surface area contributed by atoms with E-state index in [1.807, 2.05) is 12.1 Å². The predicted molar refractivity (Wildman–Crippen MR) is 58.8 cm³/mol. The second-order valence-corrected chi connectivity index (χ2v) is 2.89. The summed E-state index contributed by atoms with van der Waals surface area (Å²) >= 11 is 0. The minimum Gasteiger partial charge on any atom is -0.340 e. The number of aromatic nitrogens is 3. The van der Waals surface area contributed by atoms with Crippen molar-refractivity contribution in [1.29, 1.82) is 5.26 Å². The number of anilines is 3. The van der Waals surface area contributed by atoms with Gasteiger partial charge in [0.05, 0.1) is 0 Å². The Bertz CT molecular complexity index is 504. The maximum atomic E-state index is 8.45. The summed E-state index contributed by atoms with van der Waals surface area (Å²) in [5.74, 6) is 1.06. The molecule has 2 aromatic rings. The lowest BCUT2D eigenvalue weighted by atomic mass is 10.4. The Morgan fingerprint density at radius 2 is 1.88 bits per heavy atom. The third kappa shape index (κ3) is 2.42. The van der Waals surface area contributed by atoms with Gasteiger partial charge in [0.1, 0.15) is 18.0 Å². The van der Waals surface area contributed by atoms with Crippen LogP contribution in [-0.2, 0) is 0 Å². The van der Waals surface area contributed by atoms with Gasteiger partial charge in [0.15, 0.2) is 6.19 Å². The lowest BCUT2D eigenvalue weighted by molar-refractivity contribution is 1.16. The van der Waals surface area contributed by atoms with E-state index >= 15 is 0 Å². The van der Waals surface area contributed by atoms with Crippen LogP contribution in [0.2, 0.25) is 0 Å². The Hall–Kier alpha value is -2.68. The number of hydrogen-bond donors (Lipinski definition) is 2. The van der Waals surface area contributed by atoms with Gasteiger partial charge >= 0.3 is 0 Å². The Balaban J connectivity index is 2.16. The third-order valence-electron chi connectivity index (χ3n) is 1.80. The zero-order chi connectivity index (χ0) is 11.2. The van der Waals surface area contributed by atoms with Crippen molar-refractivity contribution in [3.8, 4) is 6.19 Å². The van der Waals surface area contributed by atoms with E-state index in [1.54, 1.807) is 24.7 Å². The van der Waals surface area contributed by atoms with Crippen LogP contribution in [-0.4, -0.2) is 15.0 Å². The van der Waals surface area contributed by atoms with E-state index in [1.165, 1.54) is 6.33 Å². The molecule has 0 aromatic carbocycles. The van der Waals surface area contributed by atoms with Crippen LogP contribution in [0.1, 0.15) is 0 Å². The second kappa shape index (κ2) is 4.70. The van der Waals surface area contributed by atoms with Gasteiger partial charge < -0.3 is 5.32 Å². The van der Waals surface area contributed by atoms with Crippen molar-refractivity contribution in [3.63, 3.8) is 0 Å². The topological polar surface area (TPSA) is 86.5 Å². The van der Waals surface area contributed by atoms with Gasteiger partial charge in [0.25, 0.3) is 0 Å². The van der Waals surface area contributed by atoms with Crippen molar-refractivity contribution in [1.82, 2.24) is 15.0 Å². The maximum Gasteiger partial charge on any atom is 0.182 e. The lowest BCUT2D eigenvalue weighted by Crippen LogP contribution is -1.97. The zero-order valence-electron chi connectivity index (χ0n) is 8.25. The van der Waals surface area contributed by atoms with Crippen LogP contribution in [0.15, 0.2) is 36.9 Å². The quantitative estimate of drug-likeness (QED) is 0.592. The standard InChI is InChI=1S/C10H8N6/c11-6-13-9-5-10(15-7-14-9)16-8-1-3-12-4-2-8/h1-5,7H,(H2,12,13,14,15,16). The van der Waals surface area contributed by atoms with Crippen LogP contribution < -0.4 is 10.6 Å². The summed E-state index contributed by atoms with van der Waals surface area (Å²) < 4.78 is 0. The largest absolute Gasteiger partial charge is 0.340 e. The van der Waals surface area contributed by atoms with Crippen molar-refractivity contribution in [2.75, 3.05) is 10.6 Å². The number of hydrogen-bond acceptors (Lipinski definition) is 6. The highest BCUT2D eigenvalue weighted by Crippen LogP contribution is 2.14. The Morgan fingerprint density at radius 3 is 2.62 bits per heavy atom. The summed E-state index contributed by atoms with van der Waals surface area (Å²) in [5.41, 5.74) is 0.872. The molecule has 0 radical (unpaired) electrons. The first-order chi connectivity index (χ1) is 7.88. The molecule has 0 saturated carbocycles. The Kier molecular flexibility index (Phi) is 2.90. The van der Waals surface area contributed by atoms with Gasteiger partial charge in [-0.3, -0.25) is 10.3 Å². The smallest absolute Gasteiger partial charge is 0.182 e. The summed E-state index contributed by atoms with van der Waals surface area (Å²) in [6.07, 6.45) is 6.53. The van der Waals surface area contributed by atoms with Crippen molar-refractivity contribution in [3.05, 3.63) is 36.9 Å². The summed E-state index contributed by atoms with van der Waals surface area (Å²) in [4.78, 5) is 11.8. The highest BCUT2D eigenvalue weighted by atomic mass is 15.1. The monoisotopic (exact) mass is 212 g/mol. The van der Waals surface area contributed by atoms with E-state index < -0.39 is 0 Å². The van der Waals surface area contributed by atoms with Crippen molar-refractivity contribution in [2.45, 2.75) is 0 Å². The molecule has 0 bridgehead atoms. The molecular weight excluding hydrogens is 204 g/mol.